The Hall–Kier alpha value is -2.82. The lowest BCUT2D eigenvalue weighted by atomic mass is 10.0. The van der Waals surface area contributed by atoms with E-state index < -0.39 is 0 Å². The summed E-state index contributed by atoms with van der Waals surface area (Å²) in [7, 11) is 0. The van der Waals surface area contributed by atoms with Gasteiger partial charge < -0.3 is 9.84 Å². The fourth-order valence-electron chi connectivity index (χ4n) is 1.93. The molecule has 1 amide bonds. The van der Waals surface area contributed by atoms with E-state index in [1.807, 2.05) is 24.3 Å². The molecule has 0 heterocycles. The lowest BCUT2D eigenvalue weighted by Gasteiger charge is -2.09. The largest absolute Gasteiger partial charge is 0.508 e. The van der Waals surface area contributed by atoms with Gasteiger partial charge in [-0.25, -0.2) is 5.43 Å². The molecule has 0 saturated carbocycles. The third-order valence-electron chi connectivity index (χ3n) is 3.17. The van der Waals surface area contributed by atoms with Crippen LogP contribution in [0.15, 0.2) is 53.6 Å². The van der Waals surface area contributed by atoms with Crippen molar-refractivity contribution >= 4 is 12.1 Å². The second-order valence-corrected chi connectivity index (χ2v) is 5.40. The monoisotopic (exact) mass is 312 g/mol. The van der Waals surface area contributed by atoms with Gasteiger partial charge in [0.05, 0.1) is 6.21 Å². The van der Waals surface area contributed by atoms with Gasteiger partial charge in [-0.05, 0) is 41.3 Å². The van der Waals surface area contributed by atoms with Crippen LogP contribution in [0.4, 0.5) is 0 Å². The Balaban J connectivity index is 1.82. The molecule has 0 aliphatic rings. The molecule has 2 rings (SSSR count). The van der Waals surface area contributed by atoms with Gasteiger partial charge in [-0.2, -0.15) is 5.10 Å². The fraction of sp³-hybridized carbons (Fsp3) is 0.222. The number of ether oxygens (including phenoxy) is 1. The van der Waals surface area contributed by atoms with E-state index in [-0.39, 0.29) is 18.3 Å². The van der Waals surface area contributed by atoms with Gasteiger partial charge in [0.2, 0.25) is 0 Å². The average Bonchev–Trinajstić information content (AvgIpc) is 2.53. The summed E-state index contributed by atoms with van der Waals surface area (Å²) in [6, 6.07) is 14.2. The minimum Gasteiger partial charge on any atom is -0.508 e. The molecule has 23 heavy (non-hydrogen) atoms. The Morgan fingerprint density at radius 3 is 2.78 bits per heavy atom. The molecule has 2 aromatic rings. The fourth-order valence-corrected chi connectivity index (χ4v) is 1.93. The summed E-state index contributed by atoms with van der Waals surface area (Å²) in [6.07, 6.45) is 1.46. The first kappa shape index (κ1) is 16.5. The van der Waals surface area contributed by atoms with E-state index >= 15 is 0 Å². The van der Waals surface area contributed by atoms with Crippen molar-refractivity contribution in [1.29, 1.82) is 0 Å². The number of phenolic OH excluding ortho intramolecular Hbond substituents is 1. The minimum atomic E-state index is -0.351. The van der Waals surface area contributed by atoms with Crippen LogP contribution in [0.1, 0.15) is 30.9 Å². The highest BCUT2D eigenvalue weighted by Gasteiger charge is 2.04. The number of nitrogens with one attached hydrogen (secondary N) is 1. The normalized spacial score (nSPS) is 10.9. The van der Waals surface area contributed by atoms with Gasteiger partial charge in [-0.15, -0.1) is 0 Å². The molecule has 0 aliphatic carbocycles. The summed E-state index contributed by atoms with van der Waals surface area (Å²) in [4.78, 5) is 11.7. The van der Waals surface area contributed by atoms with Crippen molar-refractivity contribution in [2.24, 2.45) is 5.10 Å². The number of phenols is 1. The van der Waals surface area contributed by atoms with Gasteiger partial charge >= 0.3 is 0 Å². The zero-order valence-electron chi connectivity index (χ0n) is 13.2. The highest BCUT2D eigenvalue weighted by molar-refractivity contribution is 5.83. The Morgan fingerprint density at radius 2 is 2.04 bits per heavy atom. The smallest absolute Gasteiger partial charge is 0.277 e. The highest BCUT2D eigenvalue weighted by atomic mass is 16.5. The molecule has 0 aliphatic heterocycles. The highest BCUT2D eigenvalue weighted by Crippen LogP contribution is 2.19. The van der Waals surface area contributed by atoms with Crippen LogP contribution in [0.25, 0.3) is 0 Å². The van der Waals surface area contributed by atoms with Gasteiger partial charge in [-0.3, -0.25) is 4.79 Å². The van der Waals surface area contributed by atoms with Gasteiger partial charge in [0, 0.05) is 0 Å². The summed E-state index contributed by atoms with van der Waals surface area (Å²) in [6.45, 7) is 4.09. The quantitative estimate of drug-likeness (QED) is 0.636. The van der Waals surface area contributed by atoms with Crippen LogP contribution in [0.5, 0.6) is 11.5 Å². The maximum absolute atomic E-state index is 11.7. The third kappa shape index (κ3) is 5.47. The van der Waals surface area contributed by atoms with E-state index in [0.29, 0.717) is 17.2 Å². The van der Waals surface area contributed by atoms with Crippen molar-refractivity contribution in [3.63, 3.8) is 0 Å². The standard InChI is InChI=1S/C18H20N2O3/c1-13(2)15-6-4-8-17(10-15)23-12-18(22)20-19-11-14-5-3-7-16(21)9-14/h3-11,13,21H,12H2,1-2H3,(H,20,22)/b19-11+. The van der Waals surface area contributed by atoms with Crippen molar-refractivity contribution in [2.45, 2.75) is 19.8 Å². The molecule has 5 nitrogen and oxygen atoms in total. The minimum absolute atomic E-state index is 0.112. The van der Waals surface area contributed by atoms with Crippen molar-refractivity contribution in [3.05, 3.63) is 59.7 Å². The van der Waals surface area contributed by atoms with Gasteiger partial charge in [0.25, 0.3) is 5.91 Å². The molecule has 0 aromatic heterocycles. The number of aromatic hydroxyl groups is 1. The molecule has 0 spiro atoms. The van der Waals surface area contributed by atoms with Gasteiger partial charge in [0.1, 0.15) is 11.5 Å². The number of hydrogen-bond acceptors (Lipinski definition) is 4. The summed E-state index contributed by atoms with van der Waals surface area (Å²) in [5.41, 5.74) is 4.23. The number of carbonyl (C=O) groups excluding carboxylic acids is 1. The van der Waals surface area contributed by atoms with Crippen LogP contribution < -0.4 is 10.2 Å². The van der Waals surface area contributed by atoms with Crippen LogP contribution in [-0.2, 0) is 4.79 Å². The van der Waals surface area contributed by atoms with Crippen molar-refractivity contribution in [2.75, 3.05) is 6.61 Å². The maximum atomic E-state index is 11.7. The lowest BCUT2D eigenvalue weighted by Crippen LogP contribution is -2.24. The number of hydrazone groups is 1. The van der Waals surface area contributed by atoms with Crippen LogP contribution in [0, 0.1) is 0 Å². The van der Waals surface area contributed by atoms with Gasteiger partial charge in [-0.1, -0.05) is 38.1 Å². The van der Waals surface area contributed by atoms with E-state index in [4.69, 9.17) is 4.74 Å². The number of rotatable bonds is 6. The first-order chi connectivity index (χ1) is 11.0. The van der Waals surface area contributed by atoms with Crippen molar-refractivity contribution in [1.82, 2.24) is 5.43 Å². The molecule has 120 valence electrons. The second-order valence-electron chi connectivity index (χ2n) is 5.40. The average molecular weight is 312 g/mol. The summed E-state index contributed by atoms with van der Waals surface area (Å²) < 4.78 is 5.45. The Kier molecular flexibility index (Phi) is 5.74. The summed E-state index contributed by atoms with van der Waals surface area (Å²) in [5, 5.41) is 13.1. The molecule has 2 aromatic carbocycles. The molecule has 0 bridgehead atoms. The van der Waals surface area contributed by atoms with Gasteiger partial charge in [0.15, 0.2) is 6.61 Å². The molecule has 0 unspecified atom stereocenters. The molecule has 0 saturated heterocycles. The molecule has 0 fully saturated rings. The zero-order chi connectivity index (χ0) is 16.7. The van der Waals surface area contributed by atoms with Crippen LogP contribution in [0.2, 0.25) is 0 Å². The third-order valence-corrected chi connectivity index (χ3v) is 3.17. The second kappa shape index (κ2) is 7.98. The van der Waals surface area contributed by atoms with E-state index in [1.165, 1.54) is 6.21 Å². The number of hydrogen-bond donors (Lipinski definition) is 2. The molecule has 0 atom stereocenters. The van der Waals surface area contributed by atoms with E-state index in [1.54, 1.807) is 24.3 Å². The van der Waals surface area contributed by atoms with E-state index in [2.05, 4.69) is 24.4 Å². The maximum Gasteiger partial charge on any atom is 0.277 e. The number of amides is 1. The lowest BCUT2D eigenvalue weighted by molar-refractivity contribution is -0.123. The number of nitrogens with zero attached hydrogens (tertiary/aromatic N) is 1. The Labute approximate surface area is 135 Å². The topological polar surface area (TPSA) is 70.9 Å². The van der Waals surface area contributed by atoms with E-state index in [0.717, 1.165) is 5.56 Å². The predicted molar refractivity (Wildman–Crippen MR) is 89.9 cm³/mol. The number of benzene rings is 2. The van der Waals surface area contributed by atoms with Crippen LogP contribution in [-0.4, -0.2) is 23.8 Å². The SMILES string of the molecule is CC(C)c1cccc(OCC(=O)N/N=C/c2cccc(O)c2)c1. The molecule has 2 N–H and O–H groups in total. The Morgan fingerprint density at radius 1 is 1.26 bits per heavy atom. The predicted octanol–water partition coefficient (Wildman–Crippen LogP) is 3.04. The molecular weight excluding hydrogens is 292 g/mol. The summed E-state index contributed by atoms with van der Waals surface area (Å²) in [5.74, 6) is 0.854. The molecule has 0 radical (unpaired) electrons. The first-order valence-electron chi connectivity index (χ1n) is 7.38. The first-order valence-corrected chi connectivity index (χ1v) is 7.38. The zero-order valence-corrected chi connectivity index (χ0v) is 13.2. The molecular formula is C18H20N2O3. The van der Waals surface area contributed by atoms with Crippen LogP contribution in [0.3, 0.4) is 0 Å². The molecule has 5 heteroatoms. The van der Waals surface area contributed by atoms with E-state index in [9.17, 15) is 9.90 Å². The Bertz CT molecular complexity index is 696. The van der Waals surface area contributed by atoms with Crippen molar-refractivity contribution in [3.8, 4) is 11.5 Å². The number of carbonyl (C=O) groups is 1. The summed E-state index contributed by atoms with van der Waals surface area (Å²) >= 11 is 0. The van der Waals surface area contributed by atoms with Crippen molar-refractivity contribution < 1.29 is 14.6 Å². The van der Waals surface area contributed by atoms with Crippen LogP contribution >= 0.6 is 0 Å².